The van der Waals surface area contributed by atoms with Crippen molar-refractivity contribution in [3.8, 4) is 0 Å². The summed E-state index contributed by atoms with van der Waals surface area (Å²) in [5.41, 5.74) is 0.521. The molecule has 0 aliphatic carbocycles. The topological polar surface area (TPSA) is 132 Å². The van der Waals surface area contributed by atoms with Gasteiger partial charge in [0.25, 0.3) is 5.91 Å². The molecule has 0 atom stereocenters. The van der Waals surface area contributed by atoms with E-state index in [2.05, 4.69) is 10.3 Å². The summed E-state index contributed by atoms with van der Waals surface area (Å²) in [7, 11) is -3.34. The summed E-state index contributed by atoms with van der Waals surface area (Å²) in [6.07, 6.45) is 1.10. The molecular weight excluding hydrogens is 358 g/mol. The number of nitrogens with one attached hydrogen (secondary N) is 1. The van der Waals surface area contributed by atoms with Crippen molar-refractivity contribution < 1.29 is 22.6 Å². The number of rotatable bonds is 4. The number of hydrogen-bond donors (Lipinski definition) is 1. The third-order valence-electron chi connectivity index (χ3n) is 3.00. The summed E-state index contributed by atoms with van der Waals surface area (Å²) in [6, 6.07) is 6.69. The zero-order valence-electron chi connectivity index (χ0n) is 12.0. The molecular formula is C13H9N3O6S2. The number of furan rings is 1. The second-order valence-corrected chi connectivity index (χ2v) is 7.82. The fourth-order valence-corrected chi connectivity index (χ4v) is 3.52. The molecule has 0 saturated carbocycles. The van der Waals surface area contributed by atoms with Crippen LogP contribution in [-0.2, 0) is 9.84 Å². The van der Waals surface area contributed by atoms with Gasteiger partial charge in [-0.25, -0.2) is 13.4 Å². The second-order valence-electron chi connectivity index (χ2n) is 4.77. The number of carbonyl (C=O) groups excluding carboxylic acids is 1. The molecule has 0 unspecified atom stereocenters. The number of aromatic nitrogens is 1. The number of amides is 1. The number of carbonyl (C=O) groups is 1. The van der Waals surface area contributed by atoms with E-state index >= 15 is 0 Å². The predicted octanol–water partition coefficient (Wildman–Crippen LogP) is 2.45. The molecule has 3 rings (SSSR count). The van der Waals surface area contributed by atoms with E-state index in [1.165, 1.54) is 24.3 Å². The number of benzene rings is 1. The van der Waals surface area contributed by atoms with Crippen molar-refractivity contribution in [2.45, 2.75) is 4.90 Å². The maximum Gasteiger partial charge on any atom is 0.433 e. The standard InChI is InChI=1S/C13H9N3O6S2/c1-24(20,21)7-2-3-8-10(6-7)23-13(14-8)15-12(17)9-4-5-11(22-9)16(18)19/h2-6H,1H3,(H,14,15,17). The van der Waals surface area contributed by atoms with E-state index in [1.54, 1.807) is 0 Å². The van der Waals surface area contributed by atoms with Gasteiger partial charge < -0.3 is 4.42 Å². The van der Waals surface area contributed by atoms with Gasteiger partial charge in [0.15, 0.2) is 20.7 Å². The zero-order chi connectivity index (χ0) is 17.5. The minimum atomic E-state index is -3.34. The maximum absolute atomic E-state index is 12.0. The number of thiazole rings is 1. The number of hydrogen-bond acceptors (Lipinski definition) is 8. The van der Waals surface area contributed by atoms with Crippen LogP contribution in [-0.4, -0.2) is 30.5 Å². The molecule has 0 bridgehead atoms. The zero-order valence-corrected chi connectivity index (χ0v) is 13.7. The van der Waals surface area contributed by atoms with Crippen molar-refractivity contribution in [2.75, 3.05) is 11.6 Å². The molecule has 0 fully saturated rings. The summed E-state index contributed by atoms with van der Waals surface area (Å²) in [4.78, 5) is 26.1. The van der Waals surface area contributed by atoms with Gasteiger partial charge in [0.05, 0.1) is 21.2 Å². The van der Waals surface area contributed by atoms with Crippen LogP contribution >= 0.6 is 11.3 Å². The van der Waals surface area contributed by atoms with E-state index in [4.69, 9.17) is 4.42 Å². The van der Waals surface area contributed by atoms with Crippen LogP contribution in [0.3, 0.4) is 0 Å². The molecule has 1 aromatic carbocycles. The highest BCUT2D eigenvalue weighted by molar-refractivity contribution is 7.90. The normalized spacial score (nSPS) is 11.5. The van der Waals surface area contributed by atoms with Gasteiger partial charge in [0.1, 0.15) is 4.92 Å². The molecule has 9 nitrogen and oxygen atoms in total. The lowest BCUT2D eigenvalue weighted by Crippen LogP contribution is -2.10. The third kappa shape index (κ3) is 3.12. The van der Waals surface area contributed by atoms with Crippen LogP contribution in [0.4, 0.5) is 11.0 Å². The van der Waals surface area contributed by atoms with Crippen LogP contribution < -0.4 is 5.32 Å². The van der Waals surface area contributed by atoms with Crippen LogP contribution in [0.1, 0.15) is 10.6 Å². The lowest BCUT2D eigenvalue weighted by Gasteiger charge is -1.96. The Morgan fingerprint density at radius 3 is 2.71 bits per heavy atom. The Hall–Kier alpha value is -2.79. The molecule has 11 heteroatoms. The van der Waals surface area contributed by atoms with E-state index in [0.717, 1.165) is 23.7 Å². The summed E-state index contributed by atoms with van der Waals surface area (Å²) in [5.74, 6) is -1.45. The molecule has 24 heavy (non-hydrogen) atoms. The van der Waals surface area contributed by atoms with Crippen LogP contribution in [0.25, 0.3) is 10.2 Å². The minimum Gasteiger partial charge on any atom is -0.395 e. The quantitative estimate of drug-likeness (QED) is 0.553. The Bertz CT molecular complexity index is 1070. The fourth-order valence-electron chi connectivity index (χ4n) is 1.90. The molecule has 124 valence electrons. The number of fused-ring (bicyclic) bond motifs is 1. The van der Waals surface area contributed by atoms with Crippen molar-refractivity contribution in [1.29, 1.82) is 0 Å². The SMILES string of the molecule is CS(=O)(=O)c1ccc2nc(NC(=O)c3ccc([N+](=O)[O-])o3)sc2c1. The Balaban J connectivity index is 1.87. The first-order valence-corrected chi connectivity index (χ1v) is 9.11. The highest BCUT2D eigenvalue weighted by Crippen LogP contribution is 2.28. The molecule has 0 aliphatic rings. The molecule has 3 aromatic rings. The Kier molecular flexibility index (Phi) is 3.81. The van der Waals surface area contributed by atoms with E-state index in [0.29, 0.717) is 10.2 Å². The van der Waals surface area contributed by atoms with Gasteiger partial charge in [-0.05, 0) is 24.3 Å². The van der Waals surface area contributed by atoms with Gasteiger partial charge in [0.2, 0.25) is 0 Å². The van der Waals surface area contributed by atoms with Crippen molar-refractivity contribution in [2.24, 2.45) is 0 Å². The first-order valence-electron chi connectivity index (χ1n) is 6.40. The van der Waals surface area contributed by atoms with Gasteiger partial charge in [-0.2, -0.15) is 0 Å². The summed E-state index contributed by atoms with van der Waals surface area (Å²) >= 11 is 1.08. The number of nitro groups is 1. The van der Waals surface area contributed by atoms with Gasteiger partial charge in [-0.1, -0.05) is 11.3 Å². The molecule has 2 heterocycles. The predicted molar refractivity (Wildman–Crippen MR) is 86.0 cm³/mol. The number of nitrogens with zero attached hydrogens (tertiary/aromatic N) is 2. The van der Waals surface area contributed by atoms with Crippen molar-refractivity contribution in [1.82, 2.24) is 4.98 Å². The smallest absolute Gasteiger partial charge is 0.395 e. The lowest BCUT2D eigenvalue weighted by atomic mass is 10.3. The highest BCUT2D eigenvalue weighted by atomic mass is 32.2. The van der Waals surface area contributed by atoms with Crippen molar-refractivity contribution in [3.05, 3.63) is 46.2 Å². The van der Waals surface area contributed by atoms with E-state index in [-0.39, 0.29) is 15.8 Å². The number of sulfone groups is 1. The Morgan fingerprint density at radius 1 is 1.33 bits per heavy atom. The van der Waals surface area contributed by atoms with E-state index in [1.807, 2.05) is 0 Å². The molecule has 0 saturated heterocycles. The highest BCUT2D eigenvalue weighted by Gasteiger charge is 2.19. The van der Waals surface area contributed by atoms with Crippen molar-refractivity contribution in [3.63, 3.8) is 0 Å². The first-order chi connectivity index (χ1) is 11.2. The van der Waals surface area contributed by atoms with E-state index < -0.39 is 26.6 Å². The lowest BCUT2D eigenvalue weighted by molar-refractivity contribution is -0.402. The van der Waals surface area contributed by atoms with Crippen LogP contribution in [0.15, 0.2) is 39.6 Å². The maximum atomic E-state index is 12.0. The minimum absolute atomic E-state index is 0.151. The molecule has 1 amide bonds. The van der Waals surface area contributed by atoms with Gasteiger partial charge in [-0.15, -0.1) is 0 Å². The average molecular weight is 367 g/mol. The number of anilines is 1. The summed E-state index contributed by atoms with van der Waals surface area (Å²) in [6.45, 7) is 0. The van der Waals surface area contributed by atoms with Crippen LogP contribution in [0.2, 0.25) is 0 Å². The van der Waals surface area contributed by atoms with Gasteiger partial charge >= 0.3 is 5.88 Å². The molecule has 1 N–H and O–H groups in total. The Morgan fingerprint density at radius 2 is 2.08 bits per heavy atom. The van der Waals surface area contributed by atoms with Crippen molar-refractivity contribution >= 4 is 48.3 Å². The third-order valence-corrected chi connectivity index (χ3v) is 5.05. The molecule has 0 spiro atoms. The van der Waals surface area contributed by atoms with Crippen LogP contribution in [0.5, 0.6) is 0 Å². The Labute approximate surface area is 139 Å². The fraction of sp³-hybridized carbons (Fsp3) is 0.0769. The summed E-state index contributed by atoms with van der Waals surface area (Å²) < 4.78 is 28.5. The van der Waals surface area contributed by atoms with Gasteiger partial charge in [-0.3, -0.25) is 20.2 Å². The summed E-state index contributed by atoms with van der Waals surface area (Å²) in [5, 5.41) is 13.2. The first kappa shape index (κ1) is 16.1. The largest absolute Gasteiger partial charge is 0.433 e. The average Bonchev–Trinajstić information content (AvgIpc) is 3.11. The second kappa shape index (κ2) is 5.69. The molecule has 0 aliphatic heterocycles. The monoisotopic (exact) mass is 367 g/mol. The van der Waals surface area contributed by atoms with Crippen LogP contribution in [0, 0.1) is 10.1 Å². The van der Waals surface area contributed by atoms with E-state index in [9.17, 15) is 23.3 Å². The van der Waals surface area contributed by atoms with Gasteiger partial charge in [0, 0.05) is 6.26 Å². The molecule has 2 aromatic heterocycles. The molecule has 0 radical (unpaired) electrons.